The molecule has 0 spiro atoms. The average Bonchev–Trinajstić information content (AvgIpc) is 2.73. The Morgan fingerprint density at radius 2 is 1.18 bits per heavy atom. The van der Waals surface area contributed by atoms with Crippen LogP contribution in [0.25, 0.3) is 0 Å². The van der Waals surface area contributed by atoms with Gasteiger partial charge in [0.25, 0.3) is 0 Å². The molecule has 8 nitrogen and oxygen atoms in total. The predicted octanol–water partition coefficient (Wildman–Crippen LogP) is 5.75. The number of hydrogen-bond acceptors (Lipinski definition) is 7. The summed E-state index contributed by atoms with van der Waals surface area (Å²) in [5, 5.41) is -2.06. The Morgan fingerprint density at radius 3 is 1.58 bits per heavy atom. The summed E-state index contributed by atoms with van der Waals surface area (Å²) in [6.07, 6.45) is 11.0. The quantitative estimate of drug-likeness (QED) is 0.128. The Labute approximate surface area is 201 Å². The third kappa shape index (κ3) is 17.0. The first-order valence-electron chi connectivity index (χ1n) is 12.5. The molecule has 3 unspecified atom stereocenters. The zero-order valence-electron chi connectivity index (χ0n) is 21.6. The van der Waals surface area contributed by atoms with Gasteiger partial charge in [0.05, 0.1) is 19.6 Å². The monoisotopic (exact) mass is 495 g/mol. The van der Waals surface area contributed by atoms with Crippen LogP contribution in [0.3, 0.4) is 0 Å². The molecule has 3 atom stereocenters. The molecule has 33 heavy (non-hydrogen) atoms. The number of esters is 2. The molecular formula is C24H49NO7S. The van der Waals surface area contributed by atoms with Crippen molar-refractivity contribution in [1.29, 1.82) is 0 Å². The van der Waals surface area contributed by atoms with Crippen molar-refractivity contribution in [3.8, 4) is 0 Å². The molecule has 0 fully saturated rings. The topological polar surface area (TPSA) is 146 Å². The molecule has 0 aliphatic carbocycles. The summed E-state index contributed by atoms with van der Waals surface area (Å²) in [7, 11) is -5.03. The third-order valence-corrected chi connectivity index (χ3v) is 6.79. The SMILES string of the molecule is CCCCCC(CCC)COC(=O)CC(C(=O)OCC(CCC)CCCCC)S(=O)(=O)[O-].[NH4+]. The highest BCUT2D eigenvalue weighted by atomic mass is 32.2. The van der Waals surface area contributed by atoms with Gasteiger partial charge in [0.15, 0.2) is 5.25 Å². The molecule has 0 heterocycles. The van der Waals surface area contributed by atoms with Gasteiger partial charge in [0.2, 0.25) is 0 Å². The van der Waals surface area contributed by atoms with Gasteiger partial charge in [-0.05, 0) is 37.5 Å². The lowest BCUT2D eigenvalue weighted by Gasteiger charge is -2.22. The fraction of sp³-hybridized carbons (Fsp3) is 0.917. The van der Waals surface area contributed by atoms with Crippen LogP contribution in [0.15, 0.2) is 0 Å². The fourth-order valence-corrected chi connectivity index (χ4v) is 4.47. The van der Waals surface area contributed by atoms with E-state index in [0.717, 1.165) is 77.0 Å². The van der Waals surface area contributed by atoms with Gasteiger partial charge < -0.3 is 20.2 Å². The normalized spacial score (nSPS) is 14.1. The Bertz CT molecular complexity index is 610. The first-order chi connectivity index (χ1) is 15.2. The van der Waals surface area contributed by atoms with Crippen molar-refractivity contribution in [2.24, 2.45) is 11.8 Å². The van der Waals surface area contributed by atoms with E-state index >= 15 is 0 Å². The Balaban J connectivity index is 0. The van der Waals surface area contributed by atoms with Crippen LogP contribution in [0.1, 0.15) is 111 Å². The molecule has 0 aromatic carbocycles. The second kappa shape index (κ2) is 20.2. The van der Waals surface area contributed by atoms with E-state index in [4.69, 9.17) is 9.47 Å². The first kappa shape index (κ1) is 34.0. The van der Waals surface area contributed by atoms with Crippen molar-refractivity contribution in [1.82, 2.24) is 6.15 Å². The molecule has 9 heteroatoms. The second-order valence-electron chi connectivity index (χ2n) is 8.80. The van der Waals surface area contributed by atoms with Crippen molar-refractivity contribution >= 4 is 22.1 Å². The number of unbranched alkanes of at least 4 members (excludes halogenated alkanes) is 4. The standard InChI is InChI=1S/C24H46O7S.H3N/c1-5-9-11-15-20(13-7-3)18-30-23(25)17-22(32(27,28)29)24(26)31-19-21(14-8-4)16-12-10-6-2;/h20-22H,5-19H2,1-4H3,(H,27,28,29);1H3. The van der Waals surface area contributed by atoms with E-state index in [0.29, 0.717) is 0 Å². The highest BCUT2D eigenvalue weighted by Gasteiger charge is 2.31. The van der Waals surface area contributed by atoms with Gasteiger partial charge in [0, 0.05) is 0 Å². The summed E-state index contributed by atoms with van der Waals surface area (Å²) < 4.78 is 45.3. The minimum atomic E-state index is -5.03. The molecule has 0 aromatic rings. The van der Waals surface area contributed by atoms with Crippen LogP contribution in [0.5, 0.6) is 0 Å². The summed E-state index contributed by atoms with van der Waals surface area (Å²) >= 11 is 0. The van der Waals surface area contributed by atoms with Crippen LogP contribution in [0, 0.1) is 11.8 Å². The minimum absolute atomic E-state index is 0. The molecule has 0 bridgehead atoms. The van der Waals surface area contributed by atoms with E-state index in [1.807, 2.05) is 6.92 Å². The molecule has 0 saturated carbocycles. The van der Waals surface area contributed by atoms with Crippen molar-refractivity contribution in [3.05, 3.63) is 0 Å². The number of rotatable bonds is 20. The number of carbonyl (C=O) groups excluding carboxylic acids is 2. The van der Waals surface area contributed by atoms with Crippen molar-refractivity contribution < 1.29 is 32.0 Å². The van der Waals surface area contributed by atoms with Crippen LogP contribution < -0.4 is 6.15 Å². The highest BCUT2D eigenvalue weighted by molar-refractivity contribution is 7.87. The molecular weight excluding hydrogens is 446 g/mol. The van der Waals surface area contributed by atoms with Crippen molar-refractivity contribution in [2.75, 3.05) is 13.2 Å². The highest BCUT2D eigenvalue weighted by Crippen LogP contribution is 2.19. The smallest absolute Gasteiger partial charge is 0.323 e. The van der Waals surface area contributed by atoms with E-state index in [2.05, 4.69) is 20.8 Å². The van der Waals surface area contributed by atoms with E-state index < -0.39 is 33.7 Å². The van der Waals surface area contributed by atoms with Crippen LogP contribution >= 0.6 is 0 Å². The van der Waals surface area contributed by atoms with Crippen LogP contribution in [0.2, 0.25) is 0 Å². The Hall–Kier alpha value is -1.19. The molecule has 0 saturated heterocycles. The zero-order valence-corrected chi connectivity index (χ0v) is 22.4. The molecule has 0 aromatic heterocycles. The summed E-state index contributed by atoms with van der Waals surface area (Å²) in [4.78, 5) is 24.6. The second-order valence-corrected chi connectivity index (χ2v) is 10.4. The Morgan fingerprint density at radius 1 is 0.727 bits per heavy atom. The van der Waals surface area contributed by atoms with Crippen molar-refractivity contribution in [3.63, 3.8) is 0 Å². The number of quaternary nitrogens is 1. The van der Waals surface area contributed by atoms with E-state index in [1.54, 1.807) is 0 Å². The van der Waals surface area contributed by atoms with Gasteiger partial charge in [-0.15, -0.1) is 0 Å². The fourth-order valence-electron chi connectivity index (χ4n) is 3.82. The molecule has 0 amide bonds. The number of carbonyl (C=O) groups is 2. The lowest BCUT2D eigenvalue weighted by molar-refractivity contribution is -0.151. The first-order valence-corrected chi connectivity index (χ1v) is 13.9. The third-order valence-electron chi connectivity index (χ3n) is 5.73. The maximum atomic E-state index is 12.4. The summed E-state index contributed by atoms with van der Waals surface area (Å²) in [6, 6.07) is 0. The number of ether oxygens (including phenoxy) is 2. The molecule has 0 aliphatic heterocycles. The van der Waals surface area contributed by atoms with Crippen LogP contribution in [0.4, 0.5) is 0 Å². The Kier molecular flexibility index (Phi) is 20.8. The minimum Gasteiger partial charge on any atom is -0.747 e. The largest absolute Gasteiger partial charge is 0.747 e. The maximum Gasteiger partial charge on any atom is 0.323 e. The average molecular weight is 496 g/mol. The van der Waals surface area contributed by atoms with Crippen LogP contribution in [-0.4, -0.2) is 43.4 Å². The van der Waals surface area contributed by atoms with E-state index in [1.165, 1.54) is 0 Å². The van der Waals surface area contributed by atoms with Gasteiger partial charge in [-0.2, -0.15) is 0 Å². The summed E-state index contributed by atoms with van der Waals surface area (Å²) in [5.41, 5.74) is 0. The lowest BCUT2D eigenvalue weighted by atomic mass is 9.97. The maximum absolute atomic E-state index is 12.4. The number of hydrogen-bond donors (Lipinski definition) is 1. The molecule has 4 N–H and O–H groups in total. The zero-order chi connectivity index (χ0) is 24.4. The molecule has 0 rings (SSSR count). The predicted molar refractivity (Wildman–Crippen MR) is 131 cm³/mol. The van der Waals surface area contributed by atoms with Gasteiger partial charge in [-0.3, -0.25) is 9.59 Å². The van der Waals surface area contributed by atoms with Gasteiger partial charge in [-0.1, -0.05) is 79.1 Å². The molecule has 198 valence electrons. The van der Waals surface area contributed by atoms with Gasteiger partial charge >= 0.3 is 11.9 Å². The lowest BCUT2D eigenvalue weighted by Crippen LogP contribution is -2.35. The van der Waals surface area contributed by atoms with Gasteiger partial charge in [0.1, 0.15) is 10.1 Å². The van der Waals surface area contributed by atoms with E-state index in [-0.39, 0.29) is 31.2 Å². The van der Waals surface area contributed by atoms with Crippen molar-refractivity contribution in [2.45, 2.75) is 116 Å². The molecule has 0 radical (unpaired) electrons. The summed E-state index contributed by atoms with van der Waals surface area (Å²) in [6.45, 7) is 8.54. The summed E-state index contributed by atoms with van der Waals surface area (Å²) in [5.74, 6) is -1.68. The van der Waals surface area contributed by atoms with Crippen LogP contribution in [-0.2, 0) is 29.2 Å². The van der Waals surface area contributed by atoms with E-state index in [9.17, 15) is 22.6 Å². The molecule has 0 aliphatic rings. The van der Waals surface area contributed by atoms with Gasteiger partial charge in [-0.25, -0.2) is 8.42 Å².